The number of aryl methyl sites for hydroxylation is 1. The molecule has 5 heteroatoms. The van der Waals surface area contributed by atoms with Crippen LogP contribution in [0.4, 0.5) is 5.95 Å². The summed E-state index contributed by atoms with van der Waals surface area (Å²) in [5, 5.41) is 5.06. The van der Waals surface area contributed by atoms with Gasteiger partial charge in [-0.25, -0.2) is 0 Å². The molecule has 2 rings (SSSR count). The van der Waals surface area contributed by atoms with Crippen molar-refractivity contribution < 1.29 is 0 Å². The van der Waals surface area contributed by atoms with E-state index in [4.69, 9.17) is 5.73 Å². The minimum atomic E-state index is 0.362. The normalized spacial score (nSPS) is 10.4. The second kappa shape index (κ2) is 2.84. The van der Waals surface area contributed by atoms with Gasteiger partial charge in [0, 0.05) is 10.9 Å². The summed E-state index contributed by atoms with van der Waals surface area (Å²) in [6, 6.07) is 0. The van der Waals surface area contributed by atoms with Gasteiger partial charge in [-0.05, 0) is 29.4 Å². The number of anilines is 1. The molecular weight excluding hydrogens is 190 g/mol. The van der Waals surface area contributed by atoms with Gasteiger partial charge in [-0.2, -0.15) is 20.7 Å². The van der Waals surface area contributed by atoms with E-state index in [-0.39, 0.29) is 0 Å². The quantitative estimate of drug-likeness (QED) is 0.762. The zero-order chi connectivity index (χ0) is 8.55. The fourth-order valence-electron chi connectivity index (χ4n) is 0.924. The molecule has 0 bridgehead atoms. The van der Waals surface area contributed by atoms with Crippen molar-refractivity contribution in [2.75, 3.05) is 5.73 Å². The number of aromatic nitrogens is 2. The Labute approximate surface area is 78.1 Å². The maximum Gasteiger partial charge on any atom is 0.232 e. The Bertz CT molecular complexity index is 391. The number of nitrogens with zero attached hydrogens (tertiary/aromatic N) is 2. The minimum absolute atomic E-state index is 0.362. The molecule has 0 saturated carbocycles. The van der Waals surface area contributed by atoms with E-state index in [1.54, 1.807) is 11.3 Å². The highest BCUT2D eigenvalue weighted by atomic mass is 32.1. The zero-order valence-electron chi connectivity index (χ0n) is 6.44. The molecule has 2 heterocycles. The highest BCUT2D eigenvalue weighted by Crippen LogP contribution is 2.28. The third-order valence-corrected chi connectivity index (χ3v) is 3.15. The van der Waals surface area contributed by atoms with Gasteiger partial charge >= 0.3 is 0 Å². The maximum absolute atomic E-state index is 5.43. The lowest BCUT2D eigenvalue weighted by Gasteiger charge is -1.89. The van der Waals surface area contributed by atoms with Crippen molar-refractivity contribution in [2.24, 2.45) is 0 Å². The van der Waals surface area contributed by atoms with Gasteiger partial charge in [0.15, 0.2) is 0 Å². The molecule has 0 aromatic carbocycles. The molecule has 2 aromatic heterocycles. The maximum atomic E-state index is 5.43. The van der Waals surface area contributed by atoms with Crippen molar-refractivity contribution >= 4 is 28.8 Å². The van der Waals surface area contributed by atoms with Gasteiger partial charge in [0.1, 0.15) is 5.01 Å². The summed E-state index contributed by atoms with van der Waals surface area (Å²) in [5.74, 6) is 0.362. The minimum Gasteiger partial charge on any atom is -0.367 e. The number of nitrogens with two attached hydrogens (primary N) is 1. The van der Waals surface area contributed by atoms with Crippen LogP contribution in [0.15, 0.2) is 10.8 Å². The molecule has 2 aromatic rings. The van der Waals surface area contributed by atoms with E-state index in [2.05, 4.69) is 27.0 Å². The molecule has 62 valence electrons. The molecule has 0 atom stereocenters. The lowest BCUT2D eigenvalue weighted by Crippen LogP contribution is -1.85. The van der Waals surface area contributed by atoms with Gasteiger partial charge < -0.3 is 5.73 Å². The molecule has 0 aliphatic carbocycles. The van der Waals surface area contributed by atoms with Crippen LogP contribution in [0, 0.1) is 6.92 Å². The molecule has 0 saturated heterocycles. The summed E-state index contributed by atoms with van der Waals surface area (Å²) in [5.41, 5.74) is 7.81. The van der Waals surface area contributed by atoms with Crippen molar-refractivity contribution in [3.63, 3.8) is 0 Å². The number of hydrogen-bond donors (Lipinski definition) is 1. The monoisotopic (exact) mass is 197 g/mol. The topological polar surface area (TPSA) is 51.8 Å². The SMILES string of the molecule is Cc1cscc1-c1nc(N)ns1. The van der Waals surface area contributed by atoms with Crippen molar-refractivity contribution in [1.29, 1.82) is 0 Å². The van der Waals surface area contributed by atoms with E-state index < -0.39 is 0 Å². The molecule has 3 nitrogen and oxygen atoms in total. The molecule has 2 N–H and O–H groups in total. The van der Waals surface area contributed by atoms with Gasteiger partial charge in [0.25, 0.3) is 0 Å². The Morgan fingerprint density at radius 2 is 2.25 bits per heavy atom. The van der Waals surface area contributed by atoms with Gasteiger partial charge in [0.05, 0.1) is 0 Å². The number of nitrogen functional groups attached to an aromatic ring is 1. The highest BCUT2D eigenvalue weighted by Gasteiger charge is 2.07. The Morgan fingerprint density at radius 1 is 1.42 bits per heavy atom. The van der Waals surface area contributed by atoms with E-state index in [1.165, 1.54) is 17.1 Å². The summed E-state index contributed by atoms with van der Waals surface area (Å²) >= 11 is 3.01. The molecule has 12 heavy (non-hydrogen) atoms. The first-order valence-corrected chi connectivity index (χ1v) is 5.11. The fraction of sp³-hybridized carbons (Fsp3) is 0.143. The van der Waals surface area contributed by atoms with Crippen molar-refractivity contribution in [2.45, 2.75) is 6.92 Å². The smallest absolute Gasteiger partial charge is 0.232 e. The summed E-state index contributed by atoms with van der Waals surface area (Å²) in [6.45, 7) is 2.06. The molecule has 0 aliphatic rings. The largest absolute Gasteiger partial charge is 0.367 e. The summed E-state index contributed by atoms with van der Waals surface area (Å²) in [4.78, 5) is 4.11. The Kier molecular flexibility index (Phi) is 1.82. The first kappa shape index (κ1) is 7.70. The third-order valence-electron chi connectivity index (χ3n) is 1.53. The highest BCUT2D eigenvalue weighted by molar-refractivity contribution is 7.11. The molecular formula is C7H7N3S2. The molecule has 0 radical (unpaired) electrons. The third kappa shape index (κ3) is 1.21. The lowest BCUT2D eigenvalue weighted by molar-refractivity contribution is 1.34. The van der Waals surface area contributed by atoms with Crippen LogP contribution < -0.4 is 5.73 Å². The Hall–Kier alpha value is -0.940. The van der Waals surface area contributed by atoms with Gasteiger partial charge in [-0.1, -0.05) is 0 Å². The molecule has 0 fully saturated rings. The first-order valence-electron chi connectivity index (χ1n) is 3.39. The second-order valence-corrected chi connectivity index (χ2v) is 3.92. The van der Waals surface area contributed by atoms with Crippen molar-refractivity contribution in [1.82, 2.24) is 9.36 Å². The average molecular weight is 197 g/mol. The van der Waals surface area contributed by atoms with Crippen LogP contribution in [0.3, 0.4) is 0 Å². The lowest BCUT2D eigenvalue weighted by atomic mass is 10.2. The second-order valence-electron chi connectivity index (χ2n) is 2.43. The summed E-state index contributed by atoms with van der Waals surface area (Å²) < 4.78 is 3.93. The fourth-order valence-corrected chi connectivity index (χ4v) is 2.50. The first-order chi connectivity index (χ1) is 5.77. The molecule has 0 unspecified atom stereocenters. The van der Waals surface area contributed by atoms with Gasteiger partial charge in [0.2, 0.25) is 5.95 Å². The standard InChI is InChI=1S/C7H7N3S2/c1-4-2-11-3-5(4)6-9-7(8)10-12-6/h2-3H,1H3,(H2,8,10). The van der Waals surface area contributed by atoms with E-state index in [9.17, 15) is 0 Å². The van der Waals surface area contributed by atoms with Gasteiger partial charge in [-0.3, -0.25) is 0 Å². The van der Waals surface area contributed by atoms with Crippen LogP contribution >= 0.6 is 22.9 Å². The van der Waals surface area contributed by atoms with Crippen LogP contribution in [0.5, 0.6) is 0 Å². The average Bonchev–Trinajstić information content (AvgIpc) is 2.58. The molecule has 0 amide bonds. The number of hydrogen-bond acceptors (Lipinski definition) is 5. The summed E-state index contributed by atoms with van der Waals surface area (Å²) in [7, 11) is 0. The van der Waals surface area contributed by atoms with Crippen LogP contribution in [0.25, 0.3) is 10.6 Å². The Morgan fingerprint density at radius 3 is 2.75 bits per heavy atom. The van der Waals surface area contributed by atoms with Crippen molar-refractivity contribution in [3.8, 4) is 10.6 Å². The van der Waals surface area contributed by atoms with E-state index in [1.807, 2.05) is 0 Å². The van der Waals surface area contributed by atoms with E-state index in [0.29, 0.717) is 5.95 Å². The van der Waals surface area contributed by atoms with Crippen LogP contribution in [0.1, 0.15) is 5.56 Å². The van der Waals surface area contributed by atoms with Crippen LogP contribution in [-0.4, -0.2) is 9.36 Å². The van der Waals surface area contributed by atoms with Gasteiger partial charge in [-0.15, -0.1) is 0 Å². The summed E-state index contributed by atoms with van der Waals surface area (Å²) in [6.07, 6.45) is 0. The van der Waals surface area contributed by atoms with Crippen LogP contribution in [0.2, 0.25) is 0 Å². The Balaban J connectivity index is 2.50. The zero-order valence-corrected chi connectivity index (χ0v) is 8.08. The predicted octanol–water partition coefficient (Wildman–Crippen LogP) is 2.16. The predicted molar refractivity (Wildman–Crippen MR) is 52.4 cm³/mol. The van der Waals surface area contributed by atoms with E-state index in [0.717, 1.165) is 10.6 Å². The molecule has 0 spiro atoms. The number of thiophene rings is 1. The van der Waals surface area contributed by atoms with Crippen molar-refractivity contribution in [3.05, 3.63) is 16.3 Å². The van der Waals surface area contributed by atoms with E-state index >= 15 is 0 Å². The molecule has 0 aliphatic heterocycles. The number of rotatable bonds is 1. The van der Waals surface area contributed by atoms with Crippen LogP contribution in [-0.2, 0) is 0 Å².